The third-order valence-corrected chi connectivity index (χ3v) is 5.25. The zero-order valence-electron chi connectivity index (χ0n) is 17.6. The number of nitrogens with two attached hydrogens (primary N) is 1. The summed E-state index contributed by atoms with van der Waals surface area (Å²) in [5.74, 6) is 1.37. The summed E-state index contributed by atoms with van der Waals surface area (Å²) in [6.45, 7) is 3.50. The Morgan fingerprint density at radius 2 is 1.29 bits per heavy atom. The lowest BCUT2D eigenvalue weighted by Crippen LogP contribution is -2.25. The van der Waals surface area contributed by atoms with E-state index in [0.29, 0.717) is 24.6 Å². The molecule has 5 heteroatoms. The van der Waals surface area contributed by atoms with Crippen molar-refractivity contribution in [1.29, 1.82) is 0 Å². The Hall–Kier alpha value is -3.86. The molecule has 5 nitrogen and oxygen atoms in total. The maximum atomic E-state index is 6.59. The van der Waals surface area contributed by atoms with Gasteiger partial charge in [0.15, 0.2) is 11.6 Å². The molecule has 4 rings (SSSR count). The van der Waals surface area contributed by atoms with Gasteiger partial charge < -0.3 is 16.0 Å². The van der Waals surface area contributed by atoms with Crippen LogP contribution in [0.2, 0.25) is 0 Å². The van der Waals surface area contributed by atoms with Crippen LogP contribution in [0.15, 0.2) is 97.3 Å². The fraction of sp³-hybridized carbons (Fsp3) is 0.154. The average Bonchev–Trinajstić information content (AvgIpc) is 2.82. The van der Waals surface area contributed by atoms with E-state index in [1.54, 1.807) is 6.33 Å². The highest BCUT2D eigenvalue weighted by Gasteiger charge is 2.18. The number of nitrogens with zero attached hydrogens (tertiary/aromatic N) is 3. The van der Waals surface area contributed by atoms with Crippen LogP contribution in [0.4, 0.5) is 17.3 Å². The summed E-state index contributed by atoms with van der Waals surface area (Å²) < 4.78 is 0. The molecule has 0 amide bonds. The minimum atomic E-state index is 0.0722. The fourth-order valence-corrected chi connectivity index (χ4v) is 3.60. The van der Waals surface area contributed by atoms with E-state index in [9.17, 15) is 0 Å². The number of aromatic nitrogens is 2. The molecule has 0 saturated heterocycles. The second-order valence-electron chi connectivity index (χ2n) is 7.56. The first-order valence-corrected chi connectivity index (χ1v) is 10.5. The van der Waals surface area contributed by atoms with Crippen molar-refractivity contribution in [3.8, 4) is 0 Å². The second-order valence-corrected chi connectivity index (χ2v) is 7.56. The van der Waals surface area contributed by atoms with E-state index in [2.05, 4.69) is 63.5 Å². The van der Waals surface area contributed by atoms with Crippen molar-refractivity contribution >= 4 is 17.3 Å². The van der Waals surface area contributed by atoms with Gasteiger partial charge in [0, 0.05) is 13.1 Å². The number of benzene rings is 3. The summed E-state index contributed by atoms with van der Waals surface area (Å²) in [6.07, 6.45) is 1.58. The molecule has 0 saturated carbocycles. The molecular formula is C26H27N5. The molecule has 0 aliphatic carbocycles. The topological polar surface area (TPSA) is 67.1 Å². The highest BCUT2D eigenvalue weighted by Crippen LogP contribution is 2.31. The smallest absolute Gasteiger partial charge is 0.158 e. The van der Waals surface area contributed by atoms with Crippen LogP contribution in [-0.2, 0) is 13.1 Å². The highest BCUT2D eigenvalue weighted by molar-refractivity contribution is 5.75. The monoisotopic (exact) mass is 409 g/mol. The molecule has 0 aliphatic rings. The molecule has 0 spiro atoms. The standard InChI is InChI=1S/C26H27N5/c1-20(23-15-9-4-10-16-23)30-25-24(27)26(29-19-28-25)31(17-21-11-5-2-6-12-21)18-22-13-7-3-8-14-22/h2-16,19-20H,17-18,27H2,1H3,(H,28,29,30). The average molecular weight is 410 g/mol. The van der Waals surface area contributed by atoms with Crippen molar-refractivity contribution in [2.45, 2.75) is 26.1 Å². The molecule has 156 valence electrons. The van der Waals surface area contributed by atoms with Crippen molar-refractivity contribution in [3.05, 3.63) is 114 Å². The van der Waals surface area contributed by atoms with E-state index in [1.807, 2.05) is 54.6 Å². The molecule has 4 aromatic rings. The van der Waals surface area contributed by atoms with Gasteiger partial charge in [-0.2, -0.15) is 0 Å². The van der Waals surface area contributed by atoms with Gasteiger partial charge in [0.25, 0.3) is 0 Å². The van der Waals surface area contributed by atoms with Crippen LogP contribution in [0.1, 0.15) is 29.7 Å². The van der Waals surface area contributed by atoms with Crippen LogP contribution in [0.3, 0.4) is 0 Å². The van der Waals surface area contributed by atoms with Crippen LogP contribution in [0.25, 0.3) is 0 Å². The molecule has 1 unspecified atom stereocenters. The van der Waals surface area contributed by atoms with Gasteiger partial charge >= 0.3 is 0 Å². The summed E-state index contributed by atoms with van der Waals surface area (Å²) in [6, 6.07) is 31.0. The number of rotatable bonds is 8. The Balaban J connectivity index is 1.63. The normalized spacial score (nSPS) is 11.6. The van der Waals surface area contributed by atoms with Crippen molar-refractivity contribution in [3.63, 3.8) is 0 Å². The van der Waals surface area contributed by atoms with E-state index in [1.165, 1.54) is 16.7 Å². The zero-order valence-corrected chi connectivity index (χ0v) is 17.6. The maximum Gasteiger partial charge on any atom is 0.158 e. The molecule has 3 aromatic carbocycles. The number of hydrogen-bond acceptors (Lipinski definition) is 5. The molecule has 3 N–H and O–H groups in total. The van der Waals surface area contributed by atoms with Gasteiger partial charge in [-0.05, 0) is 23.6 Å². The summed E-state index contributed by atoms with van der Waals surface area (Å²) in [4.78, 5) is 11.2. The van der Waals surface area contributed by atoms with Gasteiger partial charge in [-0.15, -0.1) is 0 Å². The Morgan fingerprint density at radius 1 is 0.774 bits per heavy atom. The number of nitrogen functional groups attached to an aromatic ring is 1. The summed E-state index contributed by atoms with van der Waals surface area (Å²) in [7, 11) is 0. The van der Waals surface area contributed by atoms with E-state index < -0.39 is 0 Å². The lowest BCUT2D eigenvalue weighted by molar-refractivity contribution is 0.781. The van der Waals surface area contributed by atoms with Gasteiger partial charge in [0.05, 0.1) is 6.04 Å². The summed E-state index contributed by atoms with van der Waals surface area (Å²) in [5.41, 5.74) is 10.7. The predicted octanol–water partition coefficient (Wildman–Crippen LogP) is 5.44. The molecule has 0 radical (unpaired) electrons. The predicted molar refractivity (Wildman–Crippen MR) is 128 cm³/mol. The summed E-state index contributed by atoms with van der Waals surface area (Å²) >= 11 is 0. The third-order valence-electron chi connectivity index (χ3n) is 5.25. The molecule has 31 heavy (non-hydrogen) atoms. The van der Waals surface area contributed by atoms with Gasteiger partial charge in [-0.3, -0.25) is 0 Å². The van der Waals surface area contributed by atoms with E-state index >= 15 is 0 Å². The van der Waals surface area contributed by atoms with Crippen LogP contribution in [0.5, 0.6) is 0 Å². The number of anilines is 3. The molecular weight excluding hydrogens is 382 g/mol. The van der Waals surface area contributed by atoms with Gasteiger partial charge in [-0.25, -0.2) is 9.97 Å². The van der Waals surface area contributed by atoms with Crippen LogP contribution < -0.4 is 16.0 Å². The molecule has 1 atom stereocenters. The molecule has 0 aliphatic heterocycles. The second kappa shape index (κ2) is 9.76. The Morgan fingerprint density at radius 3 is 1.84 bits per heavy atom. The SMILES string of the molecule is CC(Nc1ncnc(N(Cc2ccccc2)Cc2ccccc2)c1N)c1ccccc1. The fourth-order valence-electron chi connectivity index (χ4n) is 3.60. The first kappa shape index (κ1) is 20.4. The Kier molecular flexibility index (Phi) is 6.43. The molecule has 1 heterocycles. The minimum absolute atomic E-state index is 0.0722. The number of hydrogen-bond donors (Lipinski definition) is 2. The van der Waals surface area contributed by atoms with Crippen LogP contribution in [0, 0.1) is 0 Å². The molecule has 0 bridgehead atoms. The maximum absolute atomic E-state index is 6.59. The van der Waals surface area contributed by atoms with Crippen molar-refractivity contribution in [1.82, 2.24) is 9.97 Å². The molecule has 0 fully saturated rings. The highest BCUT2D eigenvalue weighted by atomic mass is 15.2. The quantitative estimate of drug-likeness (QED) is 0.406. The minimum Gasteiger partial charge on any atom is -0.393 e. The number of nitrogens with one attached hydrogen (secondary N) is 1. The Labute approximate surface area is 183 Å². The van der Waals surface area contributed by atoms with Crippen LogP contribution >= 0.6 is 0 Å². The van der Waals surface area contributed by atoms with Crippen molar-refractivity contribution in [2.24, 2.45) is 0 Å². The zero-order chi connectivity index (χ0) is 21.5. The van der Waals surface area contributed by atoms with E-state index in [-0.39, 0.29) is 6.04 Å². The largest absolute Gasteiger partial charge is 0.393 e. The third kappa shape index (κ3) is 5.20. The van der Waals surface area contributed by atoms with Gasteiger partial charge in [0.2, 0.25) is 0 Å². The lowest BCUT2D eigenvalue weighted by atomic mass is 10.1. The first-order chi connectivity index (χ1) is 15.2. The van der Waals surface area contributed by atoms with E-state index in [4.69, 9.17) is 5.73 Å². The van der Waals surface area contributed by atoms with Crippen molar-refractivity contribution in [2.75, 3.05) is 16.0 Å². The van der Waals surface area contributed by atoms with Gasteiger partial charge in [0.1, 0.15) is 12.0 Å². The lowest BCUT2D eigenvalue weighted by Gasteiger charge is -2.26. The summed E-state index contributed by atoms with van der Waals surface area (Å²) in [5, 5.41) is 3.45. The van der Waals surface area contributed by atoms with Crippen LogP contribution in [-0.4, -0.2) is 9.97 Å². The Bertz CT molecular complexity index is 1040. The molecule has 1 aromatic heterocycles. The first-order valence-electron chi connectivity index (χ1n) is 10.5. The van der Waals surface area contributed by atoms with E-state index in [0.717, 1.165) is 5.82 Å². The van der Waals surface area contributed by atoms with Crippen molar-refractivity contribution < 1.29 is 0 Å². The van der Waals surface area contributed by atoms with Gasteiger partial charge in [-0.1, -0.05) is 91.0 Å².